The van der Waals surface area contributed by atoms with Crippen LogP contribution in [-0.4, -0.2) is 31.6 Å². The number of methoxy groups -OCH3 is 1. The highest BCUT2D eigenvalue weighted by Gasteiger charge is 2.07. The van der Waals surface area contributed by atoms with Crippen molar-refractivity contribution in [1.82, 2.24) is 4.90 Å². The monoisotopic (exact) mass is 272 g/mol. The zero-order valence-corrected chi connectivity index (χ0v) is 12.2. The lowest BCUT2D eigenvalue weighted by Gasteiger charge is -2.15. The van der Waals surface area contributed by atoms with E-state index in [1.807, 2.05) is 38.2 Å². The number of carbonyl (C=O) groups excluding carboxylic acids is 1. The van der Waals surface area contributed by atoms with Gasteiger partial charge in [-0.1, -0.05) is 25.1 Å². The van der Waals surface area contributed by atoms with E-state index >= 15 is 0 Å². The van der Waals surface area contributed by atoms with Crippen LogP contribution >= 0.6 is 0 Å². The number of hydrogen-bond donors (Lipinski definition) is 0. The van der Waals surface area contributed by atoms with E-state index < -0.39 is 0 Å². The molecule has 106 valence electrons. The Morgan fingerprint density at radius 2 is 2.25 bits per heavy atom. The molecular weight excluding hydrogens is 252 g/mol. The summed E-state index contributed by atoms with van der Waals surface area (Å²) in [6.07, 6.45) is 2.55. The molecule has 0 radical (unpaired) electrons. The molecule has 0 aliphatic heterocycles. The highest BCUT2D eigenvalue weighted by Crippen LogP contribution is 2.08. The van der Waals surface area contributed by atoms with Gasteiger partial charge in [0.05, 0.1) is 18.7 Å². The van der Waals surface area contributed by atoms with Gasteiger partial charge in [-0.3, -0.25) is 4.90 Å². The van der Waals surface area contributed by atoms with Gasteiger partial charge in [0.15, 0.2) is 0 Å². The summed E-state index contributed by atoms with van der Waals surface area (Å²) in [6, 6.07) is 9.66. The lowest BCUT2D eigenvalue weighted by Crippen LogP contribution is -2.19. The number of esters is 1. The van der Waals surface area contributed by atoms with Crippen molar-refractivity contribution in [2.75, 3.05) is 20.7 Å². The molecule has 4 nitrogen and oxygen atoms in total. The molecule has 0 aromatic heterocycles. The van der Waals surface area contributed by atoms with Gasteiger partial charge in [-0.2, -0.15) is 5.26 Å². The van der Waals surface area contributed by atoms with E-state index in [1.165, 1.54) is 7.11 Å². The third-order valence-corrected chi connectivity index (χ3v) is 2.99. The van der Waals surface area contributed by atoms with Gasteiger partial charge in [0.25, 0.3) is 0 Å². The second-order valence-electron chi connectivity index (χ2n) is 4.58. The van der Waals surface area contributed by atoms with E-state index in [9.17, 15) is 4.79 Å². The van der Waals surface area contributed by atoms with Crippen LogP contribution in [0.2, 0.25) is 0 Å². The van der Waals surface area contributed by atoms with E-state index in [1.54, 1.807) is 6.07 Å². The van der Waals surface area contributed by atoms with Gasteiger partial charge in [-0.05, 0) is 31.2 Å². The molecule has 0 amide bonds. The SMILES string of the molecule is CCC(=CCN(C)Cc1cccc(C#N)c1)C(=O)OC. The number of carbonyl (C=O) groups is 1. The fourth-order valence-electron chi connectivity index (χ4n) is 1.88. The number of benzene rings is 1. The van der Waals surface area contributed by atoms with Gasteiger partial charge in [-0.15, -0.1) is 0 Å². The maximum atomic E-state index is 11.5. The van der Waals surface area contributed by atoms with Crippen molar-refractivity contribution in [3.05, 3.63) is 47.0 Å². The van der Waals surface area contributed by atoms with E-state index in [4.69, 9.17) is 10.00 Å². The maximum absolute atomic E-state index is 11.5. The third kappa shape index (κ3) is 4.87. The van der Waals surface area contributed by atoms with Crippen molar-refractivity contribution in [2.24, 2.45) is 0 Å². The van der Waals surface area contributed by atoms with E-state index in [0.29, 0.717) is 24.1 Å². The smallest absolute Gasteiger partial charge is 0.333 e. The summed E-state index contributed by atoms with van der Waals surface area (Å²) < 4.78 is 4.72. The Balaban J connectivity index is 2.63. The minimum atomic E-state index is -0.271. The average Bonchev–Trinajstić information content (AvgIpc) is 2.47. The molecule has 20 heavy (non-hydrogen) atoms. The minimum Gasteiger partial charge on any atom is -0.466 e. The van der Waals surface area contributed by atoms with Crippen molar-refractivity contribution in [1.29, 1.82) is 5.26 Å². The number of rotatable bonds is 6. The Hall–Kier alpha value is -2.12. The first kappa shape index (κ1) is 15.9. The molecule has 0 fully saturated rings. The van der Waals surface area contributed by atoms with Gasteiger partial charge >= 0.3 is 5.97 Å². The van der Waals surface area contributed by atoms with E-state index in [0.717, 1.165) is 12.1 Å². The summed E-state index contributed by atoms with van der Waals surface area (Å²) in [6.45, 7) is 3.32. The molecule has 0 N–H and O–H groups in total. The van der Waals surface area contributed by atoms with Crippen LogP contribution in [0.4, 0.5) is 0 Å². The van der Waals surface area contributed by atoms with Crippen LogP contribution in [0.3, 0.4) is 0 Å². The molecule has 1 rings (SSSR count). The van der Waals surface area contributed by atoms with Gasteiger partial charge in [0.2, 0.25) is 0 Å². The van der Waals surface area contributed by atoms with Crippen LogP contribution in [0.1, 0.15) is 24.5 Å². The fraction of sp³-hybridized carbons (Fsp3) is 0.375. The molecule has 1 aromatic carbocycles. The highest BCUT2D eigenvalue weighted by atomic mass is 16.5. The van der Waals surface area contributed by atoms with Crippen LogP contribution in [0.25, 0.3) is 0 Å². The number of likely N-dealkylation sites (N-methyl/N-ethyl adjacent to an activating group) is 1. The molecule has 0 aliphatic carbocycles. The molecule has 0 saturated heterocycles. The maximum Gasteiger partial charge on any atom is 0.333 e. The van der Waals surface area contributed by atoms with Crippen molar-refractivity contribution >= 4 is 5.97 Å². The quantitative estimate of drug-likeness (QED) is 0.590. The van der Waals surface area contributed by atoms with Gasteiger partial charge in [0, 0.05) is 18.7 Å². The van der Waals surface area contributed by atoms with Crippen molar-refractivity contribution in [2.45, 2.75) is 19.9 Å². The van der Waals surface area contributed by atoms with Crippen LogP contribution in [-0.2, 0) is 16.1 Å². The Bertz CT molecular complexity index is 530. The molecule has 0 saturated carbocycles. The largest absolute Gasteiger partial charge is 0.466 e. The first-order valence-corrected chi connectivity index (χ1v) is 6.55. The van der Waals surface area contributed by atoms with Crippen LogP contribution in [0, 0.1) is 11.3 Å². The third-order valence-electron chi connectivity index (χ3n) is 2.99. The van der Waals surface area contributed by atoms with Crippen LogP contribution < -0.4 is 0 Å². The Kier molecular flexibility index (Phi) is 6.48. The summed E-state index contributed by atoms with van der Waals surface area (Å²) in [5.74, 6) is -0.271. The summed E-state index contributed by atoms with van der Waals surface area (Å²) in [7, 11) is 3.36. The molecule has 0 spiro atoms. The number of nitrogens with zero attached hydrogens (tertiary/aromatic N) is 2. The topological polar surface area (TPSA) is 53.3 Å². The normalized spacial score (nSPS) is 11.2. The predicted octanol–water partition coefficient (Wildman–Crippen LogP) is 2.50. The van der Waals surface area contributed by atoms with Crippen molar-refractivity contribution in [3.8, 4) is 6.07 Å². The molecule has 0 aliphatic rings. The summed E-state index contributed by atoms with van der Waals surface area (Å²) >= 11 is 0. The lowest BCUT2D eigenvalue weighted by atomic mass is 10.1. The Morgan fingerprint density at radius 1 is 1.50 bits per heavy atom. The number of ether oxygens (including phenoxy) is 1. The summed E-state index contributed by atoms with van der Waals surface area (Å²) in [5.41, 5.74) is 2.43. The van der Waals surface area contributed by atoms with Gasteiger partial charge in [-0.25, -0.2) is 4.79 Å². The zero-order chi connectivity index (χ0) is 15.0. The highest BCUT2D eigenvalue weighted by molar-refractivity contribution is 5.88. The number of hydrogen-bond acceptors (Lipinski definition) is 4. The standard InChI is InChI=1S/C16H20N2O2/c1-4-15(16(19)20-3)8-9-18(2)12-14-7-5-6-13(10-14)11-17/h5-8,10H,4,9,12H2,1-3H3. The Labute approximate surface area is 120 Å². The zero-order valence-electron chi connectivity index (χ0n) is 12.2. The molecule has 0 unspecified atom stereocenters. The second-order valence-corrected chi connectivity index (χ2v) is 4.58. The van der Waals surface area contributed by atoms with E-state index in [-0.39, 0.29) is 5.97 Å². The fourth-order valence-corrected chi connectivity index (χ4v) is 1.88. The summed E-state index contributed by atoms with van der Waals surface area (Å²) in [4.78, 5) is 13.5. The van der Waals surface area contributed by atoms with Crippen LogP contribution in [0.15, 0.2) is 35.9 Å². The van der Waals surface area contributed by atoms with Gasteiger partial charge in [0.1, 0.15) is 0 Å². The van der Waals surface area contributed by atoms with Crippen LogP contribution in [0.5, 0.6) is 0 Å². The first-order valence-electron chi connectivity index (χ1n) is 6.55. The predicted molar refractivity (Wildman–Crippen MR) is 77.9 cm³/mol. The molecule has 0 atom stereocenters. The van der Waals surface area contributed by atoms with E-state index in [2.05, 4.69) is 11.0 Å². The first-order chi connectivity index (χ1) is 9.60. The second kappa shape index (κ2) is 8.13. The average molecular weight is 272 g/mol. The molecule has 0 heterocycles. The lowest BCUT2D eigenvalue weighted by molar-refractivity contribution is -0.136. The summed E-state index contributed by atoms with van der Waals surface area (Å²) in [5, 5.41) is 8.87. The minimum absolute atomic E-state index is 0.271. The molecule has 0 bridgehead atoms. The van der Waals surface area contributed by atoms with Crippen molar-refractivity contribution < 1.29 is 9.53 Å². The number of nitriles is 1. The van der Waals surface area contributed by atoms with Crippen molar-refractivity contribution in [3.63, 3.8) is 0 Å². The Morgan fingerprint density at radius 3 is 2.85 bits per heavy atom. The molecule has 4 heteroatoms. The van der Waals surface area contributed by atoms with Gasteiger partial charge < -0.3 is 4.74 Å². The molecule has 1 aromatic rings. The molecular formula is C16H20N2O2.